The molecule has 18 heavy (non-hydrogen) atoms. The average Bonchev–Trinajstić information content (AvgIpc) is 2.91. The van der Waals surface area contributed by atoms with Gasteiger partial charge in [0.25, 0.3) is 0 Å². The molecule has 0 spiro atoms. The topological polar surface area (TPSA) is 78.7 Å². The second-order valence-electron chi connectivity index (χ2n) is 4.46. The van der Waals surface area contributed by atoms with Crippen LogP contribution >= 0.6 is 0 Å². The molecule has 0 radical (unpaired) electrons. The summed E-state index contributed by atoms with van der Waals surface area (Å²) < 4.78 is 1.57. The van der Waals surface area contributed by atoms with Crippen LogP contribution < -0.4 is 0 Å². The largest absolute Gasteiger partial charge is 0.344 e. The minimum atomic E-state index is -0.398. The third kappa shape index (κ3) is 1.52. The molecule has 0 aromatic carbocycles. The van der Waals surface area contributed by atoms with Crippen molar-refractivity contribution in [1.29, 1.82) is 0 Å². The number of carbonyl (C=O) groups is 2. The monoisotopic (exact) mass is 248 g/mol. The number of hydrogen-bond acceptors (Lipinski definition) is 4. The molecule has 1 atom stereocenters. The minimum absolute atomic E-state index is 0.0548. The average molecular weight is 248 g/mol. The van der Waals surface area contributed by atoms with Crippen molar-refractivity contribution in [1.82, 2.24) is 19.7 Å². The van der Waals surface area contributed by atoms with E-state index in [0.717, 1.165) is 10.8 Å². The summed E-state index contributed by atoms with van der Waals surface area (Å²) in [5, 5.41) is 14.4. The van der Waals surface area contributed by atoms with Crippen LogP contribution in [0.1, 0.15) is 17.3 Å². The molecule has 2 aliphatic rings. The quantitative estimate of drug-likeness (QED) is 0.608. The maximum Gasteiger partial charge on any atom is 0.344 e. The van der Waals surface area contributed by atoms with Crippen LogP contribution in [0.15, 0.2) is 18.5 Å². The van der Waals surface area contributed by atoms with E-state index >= 15 is 0 Å². The Hall–Kier alpha value is -2.15. The zero-order valence-electron chi connectivity index (χ0n) is 9.78. The number of urea groups is 1. The Kier molecular flexibility index (Phi) is 2.24. The molecule has 2 bridgehead atoms. The second-order valence-corrected chi connectivity index (χ2v) is 4.46. The Labute approximate surface area is 103 Å². The van der Waals surface area contributed by atoms with E-state index in [2.05, 4.69) is 5.10 Å². The van der Waals surface area contributed by atoms with Crippen molar-refractivity contribution in [2.75, 3.05) is 13.1 Å². The molecule has 1 fully saturated rings. The molecule has 1 aromatic heterocycles. The third-order valence-electron chi connectivity index (χ3n) is 3.21. The number of hydrogen-bond donors (Lipinski definition) is 1. The highest BCUT2D eigenvalue weighted by Crippen LogP contribution is 2.24. The molecule has 94 valence electrons. The molecule has 1 unspecified atom stereocenters. The summed E-state index contributed by atoms with van der Waals surface area (Å²) in [4.78, 5) is 24.3. The van der Waals surface area contributed by atoms with Crippen LogP contribution in [0.2, 0.25) is 0 Å². The molecule has 0 saturated carbocycles. The van der Waals surface area contributed by atoms with E-state index in [4.69, 9.17) is 0 Å². The van der Waals surface area contributed by atoms with Gasteiger partial charge in [-0.2, -0.15) is 10.2 Å². The van der Waals surface area contributed by atoms with Crippen molar-refractivity contribution in [2.24, 2.45) is 0 Å². The van der Waals surface area contributed by atoms with Gasteiger partial charge in [-0.3, -0.25) is 10.0 Å². The highest BCUT2D eigenvalue weighted by atomic mass is 16.5. The van der Waals surface area contributed by atoms with E-state index in [1.807, 2.05) is 0 Å². The lowest BCUT2D eigenvalue weighted by Gasteiger charge is -2.20. The summed E-state index contributed by atoms with van der Waals surface area (Å²) in [5.74, 6) is -0.0548. The van der Waals surface area contributed by atoms with E-state index in [-0.39, 0.29) is 11.8 Å². The van der Waals surface area contributed by atoms with Crippen molar-refractivity contribution in [3.05, 3.63) is 24.0 Å². The normalized spacial score (nSPS) is 22.4. The molecule has 1 aromatic rings. The molecule has 2 amide bonds. The van der Waals surface area contributed by atoms with Gasteiger partial charge in [-0.1, -0.05) is 0 Å². The molecule has 3 rings (SSSR count). The number of nitrogens with zero attached hydrogens (tertiary/aromatic N) is 4. The fourth-order valence-electron chi connectivity index (χ4n) is 2.20. The number of Topliss-reactive ketones (excluding diaryl/α,β-unsaturated/α-hetero) is 1. The highest BCUT2D eigenvalue weighted by Gasteiger charge is 2.39. The first kappa shape index (κ1) is 11.0. The molecule has 2 aliphatic heterocycles. The Morgan fingerprint density at radius 2 is 2.33 bits per heavy atom. The maximum atomic E-state index is 11.6. The summed E-state index contributed by atoms with van der Waals surface area (Å²) in [6.45, 7) is 2.34. The van der Waals surface area contributed by atoms with E-state index in [9.17, 15) is 14.8 Å². The Morgan fingerprint density at radius 3 is 2.94 bits per heavy atom. The van der Waals surface area contributed by atoms with Crippen molar-refractivity contribution < 1.29 is 14.8 Å². The molecule has 0 aliphatic carbocycles. The standard InChI is InChI=1S/C11H12N4O3/c1-7(16)8-3-12-14(4-8)9-2-10-6-13(5-9)11(17)15(10)18/h2-4,10,18H,5-6H2,1H3. The SMILES string of the molecule is CC(=O)c1cnn(C2=CC3CN(C2)C(=O)N3O)c1. The molecular weight excluding hydrogens is 236 g/mol. The van der Waals surface area contributed by atoms with Crippen LogP contribution in [0.5, 0.6) is 0 Å². The van der Waals surface area contributed by atoms with Gasteiger partial charge in [-0.15, -0.1) is 0 Å². The van der Waals surface area contributed by atoms with E-state index < -0.39 is 6.03 Å². The first-order chi connectivity index (χ1) is 8.56. The second kappa shape index (κ2) is 3.67. The van der Waals surface area contributed by atoms with E-state index in [0.29, 0.717) is 18.7 Å². The van der Waals surface area contributed by atoms with E-state index in [1.165, 1.54) is 18.0 Å². The fraction of sp³-hybridized carbons (Fsp3) is 0.364. The van der Waals surface area contributed by atoms with Gasteiger partial charge in [0.15, 0.2) is 5.78 Å². The summed E-state index contributed by atoms with van der Waals surface area (Å²) in [6, 6.07) is -0.739. The highest BCUT2D eigenvalue weighted by molar-refractivity contribution is 5.93. The van der Waals surface area contributed by atoms with Crippen molar-refractivity contribution in [2.45, 2.75) is 13.0 Å². The van der Waals surface area contributed by atoms with Gasteiger partial charge in [-0.25, -0.2) is 9.48 Å². The van der Waals surface area contributed by atoms with Gasteiger partial charge in [-0.05, 0) is 13.0 Å². The predicted molar refractivity (Wildman–Crippen MR) is 60.9 cm³/mol. The van der Waals surface area contributed by atoms with Gasteiger partial charge < -0.3 is 4.90 Å². The Morgan fingerprint density at radius 1 is 1.56 bits per heavy atom. The molecule has 1 saturated heterocycles. The van der Waals surface area contributed by atoms with E-state index in [1.54, 1.807) is 17.0 Å². The maximum absolute atomic E-state index is 11.6. The third-order valence-corrected chi connectivity index (χ3v) is 3.21. The summed E-state index contributed by atoms with van der Waals surface area (Å²) >= 11 is 0. The molecule has 7 nitrogen and oxygen atoms in total. The van der Waals surface area contributed by atoms with Gasteiger partial charge in [0.1, 0.15) is 0 Å². The molecular formula is C11H12N4O3. The lowest BCUT2D eigenvalue weighted by Crippen LogP contribution is -2.31. The fourth-order valence-corrected chi connectivity index (χ4v) is 2.20. The first-order valence-corrected chi connectivity index (χ1v) is 5.60. The number of hydroxylamine groups is 2. The zero-order chi connectivity index (χ0) is 12.9. The lowest BCUT2D eigenvalue weighted by molar-refractivity contribution is -0.0450. The summed E-state index contributed by atoms with van der Waals surface area (Å²) in [6.07, 6.45) is 4.91. The Balaban J connectivity index is 1.92. The van der Waals surface area contributed by atoms with Crippen molar-refractivity contribution in [3.8, 4) is 0 Å². The van der Waals surface area contributed by atoms with Crippen LogP contribution in [-0.2, 0) is 0 Å². The number of amides is 2. The molecule has 7 heteroatoms. The minimum Gasteiger partial charge on any atom is -0.314 e. The van der Waals surface area contributed by atoms with Gasteiger partial charge in [0.05, 0.1) is 30.0 Å². The number of ketones is 1. The number of aromatic nitrogens is 2. The summed E-state index contributed by atoms with van der Waals surface area (Å²) in [7, 11) is 0. The number of carbonyl (C=O) groups excluding carboxylic acids is 2. The van der Waals surface area contributed by atoms with Gasteiger partial charge in [0.2, 0.25) is 0 Å². The Bertz CT molecular complexity index is 562. The van der Waals surface area contributed by atoms with Crippen molar-refractivity contribution >= 4 is 17.5 Å². The van der Waals surface area contributed by atoms with Crippen LogP contribution in [0.4, 0.5) is 4.79 Å². The van der Waals surface area contributed by atoms with Crippen LogP contribution in [-0.4, -0.2) is 55.9 Å². The first-order valence-electron chi connectivity index (χ1n) is 5.60. The molecule has 3 heterocycles. The lowest BCUT2D eigenvalue weighted by atomic mass is 10.2. The zero-order valence-corrected chi connectivity index (χ0v) is 9.78. The summed E-state index contributed by atoms with van der Waals surface area (Å²) in [5.41, 5.74) is 1.31. The van der Waals surface area contributed by atoms with Crippen LogP contribution in [0, 0.1) is 0 Å². The number of fused-ring (bicyclic) bond motifs is 2. The van der Waals surface area contributed by atoms with Gasteiger partial charge in [0, 0.05) is 12.7 Å². The number of rotatable bonds is 2. The smallest absolute Gasteiger partial charge is 0.314 e. The van der Waals surface area contributed by atoms with Crippen LogP contribution in [0.25, 0.3) is 5.70 Å². The molecule has 1 N–H and O–H groups in total. The van der Waals surface area contributed by atoms with Crippen molar-refractivity contribution in [3.63, 3.8) is 0 Å². The predicted octanol–water partition coefficient (Wildman–Crippen LogP) is 0.436. The van der Waals surface area contributed by atoms with Gasteiger partial charge >= 0.3 is 6.03 Å². The van der Waals surface area contributed by atoms with Crippen LogP contribution in [0.3, 0.4) is 0 Å².